The van der Waals surface area contributed by atoms with Crippen LogP contribution in [0.2, 0.25) is 0 Å². The van der Waals surface area contributed by atoms with E-state index in [1.807, 2.05) is 4.90 Å². The van der Waals surface area contributed by atoms with Gasteiger partial charge in [0.05, 0.1) is 11.7 Å². The van der Waals surface area contributed by atoms with Crippen LogP contribution in [0.3, 0.4) is 0 Å². The summed E-state index contributed by atoms with van der Waals surface area (Å²) in [5.74, 6) is 2.00. The van der Waals surface area contributed by atoms with Gasteiger partial charge in [0.1, 0.15) is 0 Å². The van der Waals surface area contributed by atoms with Crippen molar-refractivity contribution in [3.63, 3.8) is 0 Å². The monoisotopic (exact) mass is 432 g/mol. The molecule has 4 bridgehead atoms. The Kier molecular flexibility index (Phi) is 4.53. The molecule has 0 spiro atoms. The average Bonchev–Trinajstić information content (AvgIpc) is 3.33. The van der Waals surface area contributed by atoms with Crippen LogP contribution in [-0.4, -0.2) is 47.8 Å². The molecular formula is C27H32N2O3. The number of benzene rings is 1. The second-order valence-electron chi connectivity index (χ2n) is 10.9. The van der Waals surface area contributed by atoms with E-state index in [0.717, 1.165) is 19.3 Å². The maximum absolute atomic E-state index is 14.0. The first kappa shape index (κ1) is 20.1. The molecule has 2 atom stereocenters. The van der Waals surface area contributed by atoms with E-state index in [1.165, 1.54) is 36.7 Å². The predicted molar refractivity (Wildman–Crippen MR) is 121 cm³/mol. The molecule has 7 rings (SSSR count). The minimum Gasteiger partial charge on any atom is -0.459 e. The van der Waals surface area contributed by atoms with Crippen LogP contribution in [0.25, 0.3) is 0 Å². The molecule has 2 aromatic rings. The van der Waals surface area contributed by atoms with Gasteiger partial charge >= 0.3 is 0 Å². The molecule has 5 fully saturated rings. The van der Waals surface area contributed by atoms with Crippen molar-refractivity contribution in [2.24, 2.45) is 17.3 Å². The van der Waals surface area contributed by atoms with E-state index >= 15 is 0 Å². The summed E-state index contributed by atoms with van der Waals surface area (Å²) in [6, 6.07) is 12.6. The fraction of sp³-hybridized carbons (Fsp3) is 0.556. The number of carbonyl (C=O) groups excluding carboxylic acids is 2. The molecule has 0 radical (unpaired) electrons. The van der Waals surface area contributed by atoms with E-state index < -0.39 is 0 Å². The van der Waals surface area contributed by atoms with Crippen LogP contribution in [0.4, 0.5) is 0 Å². The number of aryl methyl sites for hydroxylation is 1. The fourth-order valence-electron chi connectivity index (χ4n) is 7.76. The Morgan fingerprint density at radius 2 is 1.56 bits per heavy atom. The van der Waals surface area contributed by atoms with Crippen molar-refractivity contribution in [1.82, 2.24) is 9.80 Å². The van der Waals surface area contributed by atoms with Crippen LogP contribution in [0.15, 0.2) is 47.1 Å². The molecule has 168 valence electrons. The molecule has 2 heterocycles. The first-order valence-corrected chi connectivity index (χ1v) is 12.2. The minimum atomic E-state index is -0.206. The maximum Gasteiger partial charge on any atom is 0.289 e. The highest BCUT2D eigenvalue weighted by Crippen LogP contribution is 2.66. The Morgan fingerprint density at radius 3 is 2.19 bits per heavy atom. The lowest BCUT2D eigenvalue weighted by Crippen LogP contribution is -2.61. The maximum atomic E-state index is 14.0. The van der Waals surface area contributed by atoms with Gasteiger partial charge in [-0.2, -0.15) is 0 Å². The van der Waals surface area contributed by atoms with Gasteiger partial charge in [0, 0.05) is 26.2 Å². The molecule has 5 heteroatoms. The minimum absolute atomic E-state index is 0.0739. The number of hydrogen-bond donors (Lipinski definition) is 0. The Labute approximate surface area is 189 Å². The molecule has 2 amide bonds. The first-order chi connectivity index (χ1) is 15.5. The second kappa shape index (κ2) is 7.23. The smallest absolute Gasteiger partial charge is 0.289 e. The highest BCUT2D eigenvalue weighted by Gasteiger charge is 2.61. The Bertz CT molecular complexity index is 1000. The zero-order valence-electron chi connectivity index (χ0n) is 18.9. The molecule has 4 aliphatic carbocycles. The Balaban J connectivity index is 1.21. The van der Waals surface area contributed by atoms with Gasteiger partial charge in [-0.25, -0.2) is 0 Å². The van der Waals surface area contributed by atoms with Crippen molar-refractivity contribution in [3.8, 4) is 0 Å². The zero-order chi connectivity index (χ0) is 21.9. The van der Waals surface area contributed by atoms with Gasteiger partial charge < -0.3 is 14.2 Å². The highest BCUT2D eigenvalue weighted by molar-refractivity contribution is 5.91. The van der Waals surface area contributed by atoms with Crippen LogP contribution < -0.4 is 0 Å². The number of carbonyl (C=O) groups is 2. The number of rotatable bonds is 3. The van der Waals surface area contributed by atoms with Gasteiger partial charge in [0.15, 0.2) is 5.76 Å². The molecule has 1 saturated heterocycles. The summed E-state index contributed by atoms with van der Waals surface area (Å²) in [6.45, 7) is 4.55. The van der Waals surface area contributed by atoms with Crippen LogP contribution in [-0.2, 0) is 10.2 Å². The lowest BCUT2D eigenvalue weighted by atomic mass is 9.42. The molecule has 1 aromatic heterocycles. The number of piperazine rings is 1. The number of hydrogen-bond acceptors (Lipinski definition) is 3. The van der Waals surface area contributed by atoms with E-state index in [0.29, 0.717) is 49.7 Å². The summed E-state index contributed by atoms with van der Waals surface area (Å²) in [7, 11) is 0. The van der Waals surface area contributed by atoms with Crippen molar-refractivity contribution in [2.45, 2.75) is 50.9 Å². The van der Waals surface area contributed by atoms with Crippen LogP contribution in [0.5, 0.6) is 0 Å². The molecule has 5 nitrogen and oxygen atoms in total. The third-order valence-corrected chi connectivity index (χ3v) is 8.76. The summed E-state index contributed by atoms with van der Waals surface area (Å²) < 4.78 is 5.28. The van der Waals surface area contributed by atoms with Gasteiger partial charge in [0.2, 0.25) is 5.91 Å². The van der Waals surface area contributed by atoms with Gasteiger partial charge in [0.25, 0.3) is 5.91 Å². The van der Waals surface area contributed by atoms with E-state index in [9.17, 15) is 9.59 Å². The average molecular weight is 433 g/mol. The number of amides is 2. The molecule has 1 aromatic carbocycles. The van der Waals surface area contributed by atoms with Crippen LogP contribution >= 0.6 is 0 Å². The lowest BCUT2D eigenvalue weighted by molar-refractivity contribution is -0.161. The molecule has 32 heavy (non-hydrogen) atoms. The standard InChI is InChI=1S/C27H32N2O3/c1-19-4-6-22(7-5-19)26-14-20-13-21(15-26)17-27(16-20,18-26)25(31)29-10-8-28(9-11-29)24(30)23-3-2-12-32-23/h2-7,12,20-21H,8-11,13-18H2,1H3. The van der Waals surface area contributed by atoms with Gasteiger partial charge in [-0.1, -0.05) is 29.8 Å². The van der Waals surface area contributed by atoms with E-state index in [1.54, 1.807) is 12.1 Å². The molecule has 0 N–H and O–H groups in total. The molecule has 4 saturated carbocycles. The molecule has 2 unspecified atom stereocenters. The van der Waals surface area contributed by atoms with Crippen LogP contribution in [0, 0.1) is 24.2 Å². The van der Waals surface area contributed by atoms with E-state index in [-0.39, 0.29) is 16.7 Å². The van der Waals surface area contributed by atoms with Gasteiger partial charge in [-0.05, 0) is 80.4 Å². The summed E-state index contributed by atoms with van der Waals surface area (Å²) >= 11 is 0. The largest absolute Gasteiger partial charge is 0.459 e. The SMILES string of the molecule is Cc1ccc(C23CC4CC(CC(C(=O)N5CCN(C(=O)c6ccco6)CC5)(C4)C2)C3)cc1. The lowest BCUT2D eigenvalue weighted by Gasteiger charge is -2.62. The Morgan fingerprint density at radius 1 is 0.906 bits per heavy atom. The van der Waals surface area contributed by atoms with Crippen molar-refractivity contribution in [1.29, 1.82) is 0 Å². The summed E-state index contributed by atoms with van der Waals surface area (Å²) in [5, 5.41) is 0. The van der Waals surface area contributed by atoms with E-state index in [4.69, 9.17) is 4.42 Å². The van der Waals surface area contributed by atoms with Crippen LogP contribution in [0.1, 0.15) is 60.2 Å². The number of furan rings is 1. The van der Waals surface area contributed by atoms with Gasteiger partial charge in [-0.3, -0.25) is 9.59 Å². The van der Waals surface area contributed by atoms with Crippen molar-refractivity contribution in [3.05, 3.63) is 59.5 Å². The highest BCUT2D eigenvalue weighted by atomic mass is 16.3. The molecular weight excluding hydrogens is 400 g/mol. The van der Waals surface area contributed by atoms with Gasteiger partial charge in [-0.15, -0.1) is 0 Å². The first-order valence-electron chi connectivity index (χ1n) is 12.2. The van der Waals surface area contributed by atoms with E-state index in [2.05, 4.69) is 36.1 Å². The normalized spacial score (nSPS) is 33.5. The third-order valence-electron chi connectivity index (χ3n) is 8.76. The molecule has 5 aliphatic rings. The summed E-state index contributed by atoms with van der Waals surface area (Å²) in [6.07, 6.45) is 8.43. The summed E-state index contributed by atoms with van der Waals surface area (Å²) in [4.78, 5) is 30.5. The summed E-state index contributed by atoms with van der Waals surface area (Å²) in [5.41, 5.74) is 2.71. The topological polar surface area (TPSA) is 53.8 Å². The van der Waals surface area contributed by atoms with Crippen molar-refractivity contribution >= 4 is 11.8 Å². The zero-order valence-corrected chi connectivity index (χ0v) is 18.9. The predicted octanol–water partition coefficient (Wildman–Crippen LogP) is 4.41. The quantitative estimate of drug-likeness (QED) is 0.722. The Hall–Kier alpha value is -2.56. The van der Waals surface area contributed by atoms with Crippen molar-refractivity contribution < 1.29 is 14.0 Å². The third kappa shape index (κ3) is 3.12. The second-order valence-corrected chi connectivity index (χ2v) is 10.9. The molecule has 1 aliphatic heterocycles. The van der Waals surface area contributed by atoms with Crippen molar-refractivity contribution in [2.75, 3.05) is 26.2 Å². The number of nitrogens with zero attached hydrogens (tertiary/aromatic N) is 2. The fourth-order valence-corrected chi connectivity index (χ4v) is 7.76.